The van der Waals surface area contributed by atoms with Gasteiger partial charge in [0.25, 0.3) is 0 Å². The topological polar surface area (TPSA) is 51.1 Å². The molecule has 3 rings (SSSR count). The Labute approximate surface area is 135 Å². The quantitative estimate of drug-likeness (QED) is 0.845. The van der Waals surface area contributed by atoms with Crippen LogP contribution in [0.3, 0.4) is 0 Å². The Bertz CT molecular complexity index is 602. The summed E-state index contributed by atoms with van der Waals surface area (Å²) in [5.74, 6) is 3.66. The molecule has 0 radical (unpaired) electrons. The molecule has 1 fully saturated rings. The average molecular weight is 316 g/mol. The van der Waals surface area contributed by atoms with Gasteiger partial charge in [0.2, 0.25) is 0 Å². The Balaban J connectivity index is 1.94. The van der Waals surface area contributed by atoms with Crippen molar-refractivity contribution in [3.8, 4) is 11.5 Å². The monoisotopic (exact) mass is 316 g/mol. The molecule has 0 N–H and O–H groups in total. The third-order valence-electron chi connectivity index (χ3n) is 3.45. The molecule has 1 saturated heterocycles. The van der Waals surface area contributed by atoms with Crippen LogP contribution < -0.4 is 4.90 Å². The second kappa shape index (κ2) is 7.56. The zero-order valence-corrected chi connectivity index (χ0v) is 13.6. The Morgan fingerprint density at radius 3 is 2.82 bits per heavy atom. The summed E-state index contributed by atoms with van der Waals surface area (Å²) in [6.45, 7) is 5.41. The van der Waals surface area contributed by atoms with Crippen molar-refractivity contribution in [1.29, 1.82) is 0 Å². The van der Waals surface area contributed by atoms with Gasteiger partial charge in [-0.1, -0.05) is 13.0 Å². The first-order chi connectivity index (χ1) is 10.9. The minimum Gasteiger partial charge on any atom is -0.378 e. The van der Waals surface area contributed by atoms with Crippen molar-refractivity contribution in [1.82, 2.24) is 15.0 Å². The molecule has 3 heterocycles. The summed E-state index contributed by atoms with van der Waals surface area (Å²) >= 11 is 1.87. The van der Waals surface area contributed by atoms with Gasteiger partial charge < -0.3 is 9.64 Å². The summed E-state index contributed by atoms with van der Waals surface area (Å²) in [6, 6.07) is 7.92. The standard InChI is InChI=1S/C16H20N4OS/c1-2-22-12-13-11-15(20-7-9-21-10-8-20)19-16(18-13)14-5-3-4-6-17-14/h3-6,11H,2,7-10,12H2,1H3. The van der Waals surface area contributed by atoms with Gasteiger partial charge in [0.05, 0.1) is 18.9 Å². The van der Waals surface area contributed by atoms with Crippen LogP contribution in [0.5, 0.6) is 0 Å². The highest BCUT2D eigenvalue weighted by atomic mass is 32.2. The molecule has 116 valence electrons. The van der Waals surface area contributed by atoms with E-state index in [2.05, 4.69) is 27.9 Å². The van der Waals surface area contributed by atoms with Gasteiger partial charge in [-0.05, 0) is 17.9 Å². The van der Waals surface area contributed by atoms with Gasteiger partial charge in [0.15, 0.2) is 5.82 Å². The molecule has 0 unspecified atom stereocenters. The third kappa shape index (κ3) is 3.75. The van der Waals surface area contributed by atoms with E-state index in [1.165, 1.54) is 0 Å². The highest BCUT2D eigenvalue weighted by Gasteiger charge is 2.16. The fourth-order valence-corrected chi connectivity index (χ4v) is 2.89. The van der Waals surface area contributed by atoms with E-state index in [4.69, 9.17) is 9.72 Å². The second-order valence-electron chi connectivity index (χ2n) is 4.99. The Morgan fingerprint density at radius 1 is 1.23 bits per heavy atom. The maximum atomic E-state index is 5.43. The molecule has 0 aliphatic carbocycles. The maximum Gasteiger partial charge on any atom is 0.180 e. The smallest absolute Gasteiger partial charge is 0.180 e. The number of hydrogen-bond donors (Lipinski definition) is 0. The third-order valence-corrected chi connectivity index (χ3v) is 4.36. The first kappa shape index (κ1) is 15.2. The first-order valence-corrected chi connectivity index (χ1v) is 8.72. The van der Waals surface area contributed by atoms with Crippen molar-refractivity contribution in [2.45, 2.75) is 12.7 Å². The van der Waals surface area contributed by atoms with Crippen molar-refractivity contribution >= 4 is 17.6 Å². The minimum atomic E-state index is 0.705. The summed E-state index contributed by atoms with van der Waals surface area (Å²) < 4.78 is 5.43. The van der Waals surface area contributed by atoms with Gasteiger partial charge >= 0.3 is 0 Å². The number of thioether (sulfide) groups is 1. The molecule has 6 heteroatoms. The van der Waals surface area contributed by atoms with Crippen LogP contribution in [-0.2, 0) is 10.5 Å². The lowest BCUT2D eigenvalue weighted by Gasteiger charge is -2.28. The number of morpholine rings is 1. The normalized spacial score (nSPS) is 15.0. The SMILES string of the molecule is CCSCc1cc(N2CCOCC2)nc(-c2ccccn2)n1. The highest BCUT2D eigenvalue weighted by molar-refractivity contribution is 7.98. The van der Waals surface area contributed by atoms with Crippen molar-refractivity contribution in [2.75, 3.05) is 37.0 Å². The van der Waals surface area contributed by atoms with E-state index in [0.29, 0.717) is 5.82 Å². The largest absolute Gasteiger partial charge is 0.378 e. The van der Waals surface area contributed by atoms with Crippen molar-refractivity contribution in [2.24, 2.45) is 0 Å². The van der Waals surface area contributed by atoms with E-state index in [1.807, 2.05) is 30.0 Å². The maximum absolute atomic E-state index is 5.43. The minimum absolute atomic E-state index is 0.705. The van der Waals surface area contributed by atoms with Crippen LogP contribution in [0.15, 0.2) is 30.5 Å². The van der Waals surface area contributed by atoms with Gasteiger partial charge in [0.1, 0.15) is 11.5 Å². The highest BCUT2D eigenvalue weighted by Crippen LogP contribution is 2.22. The number of pyridine rings is 1. The number of rotatable bonds is 5. The number of aromatic nitrogens is 3. The van der Waals surface area contributed by atoms with Crippen molar-refractivity contribution in [3.63, 3.8) is 0 Å². The number of nitrogens with zero attached hydrogens (tertiary/aromatic N) is 4. The van der Waals surface area contributed by atoms with Crippen LogP contribution in [0.1, 0.15) is 12.6 Å². The van der Waals surface area contributed by atoms with E-state index < -0.39 is 0 Å². The van der Waals surface area contributed by atoms with Crippen LogP contribution in [0.4, 0.5) is 5.82 Å². The first-order valence-electron chi connectivity index (χ1n) is 7.56. The second-order valence-corrected chi connectivity index (χ2v) is 6.27. The lowest BCUT2D eigenvalue weighted by Crippen LogP contribution is -2.37. The molecular weight excluding hydrogens is 296 g/mol. The molecule has 5 nitrogen and oxygen atoms in total. The van der Waals surface area contributed by atoms with Gasteiger partial charge in [-0.25, -0.2) is 9.97 Å². The fraction of sp³-hybridized carbons (Fsp3) is 0.438. The number of ether oxygens (including phenoxy) is 1. The molecule has 0 spiro atoms. The van der Waals surface area contributed by atoms with Crippen LogP contribution in [-0.4, -0.2) is 47.0 Å². The predicted molar refractivity (Wildman–Crippen MR) is 90.1 cm³/mol. The summed E-state index contributed by atoms with van der Waals surface area (Å²) in [7, 11) is 0. The number of hydrogen-bond acceptors (Lipinski definition) is 6. The van der Waals surface area contributed by atoms with Crippen LogP contribution in [0, 0.1) is 0 Å². The van der Waals surface area contributed by atoms with Crippen LogP contribution in [0.2, 0.25) is 0 Å². The molecule has 0 bridgehead atoms. The lowest BCUT2D eigenvalue weighted by molar-refractivity contribution is 0.122. The molecule has 2 aromatic rings. The van der Waals surface area contributed by atoms with Crippen LogP contribution >= 0.6 is 11.8 Å². The molecule has 0 atom stereocenters. The molecular formula is C16H20N4OS. The fourth-order valence-electron chi connectivity index (χ4n) is 2.33. The van der Waals surface area contributed by atoms with Crippen molar-refractivity contribution in [3.05, 3.63) is 36.2 Å². The van der Waals surface area contributed by atoms with Gasteiger partial charge in [-0.2, -0.15) is 11.8 Å². The summed E-state index contributed by atoms with van der Waals surface area (Å²) in [4.78, 5) is 16.0. The summed E-state index contributed by atoms with van der Waals surface area (Å²) in [5, 5.41) is 0. The van der Waals surface area contributed by atoms with E-state index >= 15 is 0 Å². The Kier molecular flexibility index (Phi) is 5.24. The molecule has 0 amide bonds. The van der Waals surface area contributed by atoms with Gasteiger partial charge in [-0.3, -0.25) is 4.98 Å². The van der Waals surface area contributed by atoms with Crippen LogP contribution in [0.25, 0.3) is 11.5 Å². The van der Waals surface area contributed by atoms with E-state index in [-0.39, 0.29) is 0 Å². The summed E-state index contributed by atoms with van der Waals surface area (Å²) in [6.07, 6.45) is 1.78. The number of anilines is 1. The molecule has 1 aliphatic rings. The molecule has 0 aromatic carbocycles. The molecule has 0 saturated carbocycles. The predicted octanol–water partition coefficient (Wildman–Crippen LogP) is 2.63. The van der Waals surface area contributed by atoms with E-state index in [9.17, 15) is 0 Å². The molecule has 22 heavy (non-hydrogen) atoms. The van der Waals surface area contributed by atoms with E-state index in [0.717, 1.165) is 55.0 Å². The lowest BCUT2D eigenvalue weighted by atomic mass is 10.3. The van der Waals surface area contributed by atoms with Gasteiger partial charge in [-0.15, -0.1) is 0 Å². The van der Waals surface area contributed by atoms with Gasteiger partial charge in [0, 0.05) is 31.1 Å². The molecule has 1 aliphatic heterocycles. The zero-order valence-electron chi connectivity index (χ0n) is 12.7. The average Bonchev–Trinajstić information content (AvgIpc) is 2.61. The Hall–Kier alpha value is -1.66. The Morgan fingerprint density at radius 2 is 2.09 bits per heavy atom. The van der Waals surface area contributed by atoms with Crippen molar-refractivity contribution < 1.29 is 4.74 Å². The summed E-state index contributed by atoms with van der Waals surface area (Å²) in [5.41, 5.74) is 1.88. The van der Waals surface area contributed by atoms with E-state index in [1.54, 1.807) is 6.20 Å². The zero-order chi connectivity index (χ0) is 15.2. The molecule has 2 aromatic heterocycles.